The smallest absolute Gasteiger partial charge is 0.260 e. The summed E-state index contributed by atoms with van der Waals surface area (Å²) in [6, 6.07) is 14.7. The summed E-state index contributed by atoms with van der Waals surface area (Å²) >= 11 is 0. The molecule has 0 unspecified atom stereocenters. The van der Waals surface area contributed by atoms with Gasteiger partial charge in [-0.05, 0) is 37.3 Å². The molecule has 2 aliphatic rings. The van der Waals surface area contributed by atoms with Gasteiger partial charge in [-0.2, -0.15) is 0 Å². The first kappa shape index (κ1) is 24.3. The van der Waals surface area contributed by atoms with Crippen LogP contribution in [-0.4, -0.2) is 61.3 Å². The Hall–Kier alpha value is -4.40. The van der Waals surface area contributed by atoms with E-state index in [2.05, 4.69) is 10.3 Å². The van der Waals surface area contributed by atoms with E-state index in [9.17, 15) is 14.4 Å². The molecule has 9 nitrogen and oxygen atoms in total. The second kappa shape index (κ2) is 9.93. The number of carbonyl (C=O) groups is 3. The van der Waals surface area contributed by atoms with Crippen molar-refractivity contribution in [1.82, 2.24) is 9.88 Å². The highest BCUT2D eigenvalue weighted by molar-refractivity contribution is 6.13. The molecule has 0 atom stereocenters. The van der Waals surface area contributed by atoms with Crippen LogP contribution >= 0.6 is 0 Å². The zero-order chi connectivity index (χ0) is 26.1. The molecule has 1 saturated heterocycles. The van der Waals surface area contributed by atoms with E-state index in [1.807, 2.05) is 49.2 Å². The Morgan fingerprint density at radius 1 is 0.973 bits per heavy atom. The van der Waals surface area contributed by atoms with E-state index in [1.165, 1.54) is 0 Å². The van der Waals surface area contributed by atoms with Crippen molar-refractivity contribution in [2.75, 3.05) is 48.9 Å². The molecule has 37 heavy (non-hydrogen) atoms. The highest BCUT2D eigenvalue weighted by atomic mass is 16.5. The molecule has 0 radical (unpaired) electrons. The number of pyridine rings is 1. The number of anilines is 5. The zero-order valence-electron chi connectivity index (χ0n) is 21.2. The van der Waals surface area contributed by atoms with Crippen LogP contribution in [0.15, 0.2) is 54.7 Å². The SMILES string of the molecule is CCOc1cc(C(=O)N2CCC(=O)CC2)ccc1Nc1cc2c(cn1)N(C)C(=O)c1ccccc1N2C. The first-order valence-corrected chi connectivity index (χ1v) is 12.3. The summed E-state index contributed by atoms with van der Waals surface area (Å²) in [5.74, 6) is 1.08. The predicted molar refractivity (Wildman–Crippen MR) is 143 cm³/mol. The van der Waals surface area contributed by atoms with E-state index in [0.29, 0.717) is 66.6 Å². The lowest BCUT2D eigenvalue weighted by Gasteiger charge is -2.26. The number of amides is 2. The minimum absolute atomic E-state index is 0.0966. The summed E-state index contributed by atoms with van der Waals surface area (Å²) in [6.07, 6.45) is 2.47. The third kappa shape index (κ3) is 4.60. The number of ketones is 1. The number of nitrogens with one attached hydrogen (secondary N) is 1. The van der Waals surface area contributed by atoms with Gasteiger partial charge in [-0.1, -0.05) is 12.1 Å². The number of Topliss-reactive ketones (excluding diaryl/α,β-unsaturated/α-hetero) is 1. The molecule has 0 spiro atoms. The number of benzene rings is 2. The number of ether oxygens (including phenoxy) is 1. The molecule has 0 aliphatic carbocycles. The topological polar surface area (TPSA) is 95.1 Å². The maximum absolute atomic E-state index is 13.0. The van der Waals surface area contributed by atoms with Crippen LogP contribution in [0.3, 0.4) is 0 Å². The van der Waals surface area contributed by atoms with Gasteiger partial charge in [0.15, 0.2) is 0 Å². The Morgan fingerprint density at radius 2 is 1.73 bits per heavy atom. The minimum atomic E-state index is -0.115. The van der Waals surface area contributed by atoms with Crippen LogP contribution in [-0.2, 0) is 4.79 Å². The van der Waals surface area contributed by atoms with Gasteiger partial charge in [0.1, 0.15) is 17.4 Å². The summed E-state index contributed by atoms with van der Waals surface area (Å²) < 4.78 is 5.86. The normalized spacial score (nSPS) is 15.2. The lowest BCUT2D eigenvalue weighted by Crippen LogP contribution is -2.38. The molecule has 9 heteroatoms. The van der Waals surface area contributed by atoms with Gasteiger partial charge < -0.3 is 24.8 Å². The van der Waals surface area contributed by atoms with Crippen LogP contribution < -0.4 is 19.9 Å². The molecule has 3 aromatic rings. The van der Waals surface area contributed by atoms with Gasteiger partial charge in [-0.25, -0.2) is 4.98 Å². The molecular weight excluding hydrogens is 470 g/mol. The van der Waals surface area contributed by atoms with Crippen LogP contribution in [0, 0.1) is 0 Å². The molecule has 2 aliphatic heterocycles. The van der Waals surface area contributed by atoms with E-state index in [-0.39, 0.29) is 17.6 Å². The van der Waals surface area contributed by atoms with Crippen LogP contribution in [0.5, 0.6) is 5.75 Å². The lowest BCUT2D eigenvalue weighted by atomic mass is 10.1. The van der Waals surface area contributed by atoms with Gasteiger partial charge in [0.25, 0.3) is 11.8 Å². The van der Waals surface area contributed by atoms with Gasteiger partial charge in [-0.15, -0.1) is 0 Å². The van der Waals surface area contributed by atoms with E-state index in [0.717, 1.165) is 11.4 Å². The highest BCUT2D eigenvalue weighted by Crippen LogP contribution is 2.40. The van der Waals surface area contributed by atoms with Crippen LogP contribution in [0.4, 0.5) is 28.6 Å². The van der Waals surface area contributed by atoms with Crippen molar-refractivity contribution in [3.8, 4) is 5.75 Å². The molecule has 2 aromatic carbocycles. The Morgan fingerprint density at radius 3 is 2.49 bits per heavy atom. The Labute approximate surface area is 215 Å². The fraction of sp³-hybridized carbons (Fsp3) is 0.286. The number of rotatable bonds is 5. The third-order valence-corrected chi connectivity index (χ3v) is 6.78. The average Bonchev–Trinajstić information content (AvgIpc) is 2.99. The van der Waals surface area contributed by atoms with Crippen molar-refractivity contribution in [2.45, 2.75) is 19.8 Å². The molecule has 190 valence electrons. The second-order valence-corrected chi connectivity index (χ2v) is 9.10. The van der Waals surface area contributed by atoms with Gasteiger partial charge in [0.05, 0.1) is 41.1 Å². The molecular formula is C28H29N5O4. The maximum atomic E-state index is 13.0. The van der Waals surface area contributed by atoms with E-state index >= 15 is 0 Å². The fourth-order valence-corrected chi connectivity index (χ4v) is 4.71. The molecule has 5 rings (SSSR count). The molecule has 1 aromatic heterocycles. The summed E-state index contributed by atoms with van der Waals surface area (Å²) in [4.78, 5) is 47.5. The van der Waals surface area contributed by atoms with Crippen molar-refractivity contribution >= 4 is 46.2 Å². The molecule has 0 saturated carbocycles. The van der Waals surface area contributed by atoms with Crippen LogP contribution in [0.2, 0.25) is 0 Å². The average molecular weight is 500 g/mol. The summed E-state index contributed by atoms with van der Waals surface area (Å²) in [7, 11) is 3.67. The fourth-order valence-electron chi connectivity index (χ4n) is 4.71. The standard InChI is InChI=1S/C28H29N5O4/c1-4-37-25-15-18(27(35)33-13-11-19(34)12-14-33)9-10-21(25)30-26-16-23-24(17-29-26)32(3)28(36)20-7-5-6-8-22(20)31(23)2/h5-10,15-17H,4,11-14H2,1-3H3,(H,29,30). The van der Waals surface area contributed by atoms with E-state index in [4.69, 9.17) is 4.74 Å². The van der Waals surface area contributed by atoms with E-state index in [1.54, 1.807) is 41.2 Å². The number of hydrogen-bond acceptors (Lipinski definition) is 7. The zero-order valence-corrected chi connectivity index (χ0v) is 21.2. The van der Waals surface area contributed by atoms with E-state index < -0.39 is 0 Å². The number of piperidine rings is 1. The minimum Gasteiger partial charge on any atom is -0.492 e. The van der Waals surface area contributed by atoms with Gasteiger partial charge in [0.2, 0.25) is 0 Å². The number of aromatic nitrogens is 1. The number of likely N-dealkylation sites (tertiary alicyclic amines) is 1. The summed E-state index contributed by atoms with van der Waals surface area (Å²) in [6.45, 7) is 3.19. The van der Waals surface area contributed by atoms with Gasteiger partial charge >= 0.3 is 0 Å². The number of nitrogens with zero attached hydrogens (tertiary/aromatic N) is 4. The molecule has 1 N–H and O–H groups in total. The molecule has 0 bridgehead atoms. The predicted octanol–water partition coefficient (Wildman–Crippen LogP) is 4.39. The van der Waals surface area contributed by atoms with Crippen molar-refractivity contribution < 1.29 is 19.1 Å². The quantitative estimate of drug-likeness (QED) is 0.556. The monoisotopic (exact) mass is 499 g/mol. The number of para-hydroxylation sites is 1. The number of carbonyl (C=O) groups excluding carboxylic acids is 3. The van der Waals surface area contributed by atoms with Gasteiger partial charge in [0, 0.05) is 51.7 Å². The first-order chi connectivity index (χ1) is 17.9. The Balaban J connectivity index is 1.44. The summed E-state index contributed by atoms with van der Waals surface area (Å²) in [5.41, 5.74) is 4.13. The van der Waals surface area contributed by atoms with Crippen LogP contribution in [0.1, 0.15) is 40.5 Å². The Bertz CT molecular complexity index is 1380. The largest absolute Gasteiger partial charge is 0.492 e. The lowest BCUT2D eigenvalue weighted by molar-refractivity contribution is -0.120. The maximum Gasteiger partial charge on any atom is 0.260 e. The number of hydrogen-bond donors (Lipinski definition) is 1. The Kier molecular flexibility index (Phi) is 6.52. The van der Waals surface area contributed by atoms with Gasteiger partial charge in [-0.3, -0.25) is 14.4 Å². The van der Waals surface area contributed by atoms with Crippen molar-refractivity contribution in [2.24, 2.45) is 0 Å². The number of fused-ring (bicyclic) bond motifs is 2. The van der Waals surface area contributed by atoms with Crippen molar-refractivity contribution in [1.29, 1.82) is 0 Å². The molecule has 2 amide bonds. The molecule has 1 fully saturated rings. The van der Waals surface area contributed by atoms with Crippen LogP contribution in [0.25, 0.3) is 0 Å². The second-order valence-electron chi connectivity index (χ2n) is 9.10. The van der Waals surface area contributed by atoms with Crippen molar-refractivity contribution in [3.63, 3.8) is 0 Å². The van der Waals surface area contributed by atoms with Crippen molar-refractivity contribution in [3.05, 3.63) is 65.9 Å². The summed E-state index contributed by atoms with van der Waals surface area (Å²) in [5, 5.41) is 3.31. The first-order valence-electron chi connectivity index (χ1n) is 12.3. The highest BCUT2D eigenvalue weighted by Gasteiger charge is 2.28. The third-order valence-electron chi connectivity index (χ3n) is 6.78. The molecule has 3 heterocycles.